The summed E-state index contributed by atoms with van der Waals surface area (Å²) >= 11 is 1.51. The van der Waals surface area contributed by atoms with Gasteiger partial charge in [0.1, 0.15) is 11.4 Å². The normalized spacial score (nSPS) is 14.2. The van der Waals surface area contributed by atoms with Crippen LogP contribution >= 0.6 is 11.8 Å². The lowest BCUT2D eigenvalue weighted by atomic mass is 10.1. The molecule has 1 aliphatic heterocycles. The summed E-state index contributed by atoms with van der Waals surface area (Å²) in [5.41, 5.74) is 0.462. The highest BCUT2D eigenvalue weighted by molar-refractivity contribution is 8.02. The van der Waals surface area contributed by atoms with Crippen LogP contribution in [0.25, 0.3) is 11.3 Å². The molecule has 0 spiro atoms. The minimum atomic E-state index is -4.52. The van der Waals surface area contributed by atoms with E-state index < -0.39 is 17.8 Å². The number of nitrogens with one attached hydrogen (secondary N) is 1. The molecule has 0 saturated heterocycles. The maximum absolute atomic E-state index is 13.2. The van der Waals surface area contributed by atoms with Crippen molar-refractivity contribution in [3.05, 3.63) is 47.0 Å². The minimum absolute atomic E-state index is 0.246. The van der Waals surface area contributed by atoms with Crippen LogP contribution in [-0.2, 0) is 11.0 Å². The van der Waals surface area contributed by atoms with Crippen LogP contribution in [0.4, 0.5) is 19.0 Å². The number of carbonyl (C=O) groups is 1. The average molecular weight is 424 g/mol. The number of anilines is 1. The Morgan fingerprint density at radius 3 is 2.55 bits per heavy atom. The monoisotopic (exact) mass is 424 g/mol. The average Bonchev–Trinajstić information content (AvgIpc) is 3.07. The van der Waals surface area contributed by atoms with E-state index in [1.165, 1.54) is 23.9 Å². The van der Waals surface area contributed by atoms with E-state index in [2.05, 4.69) is 15.5 Å². The van der Waals surface area contributed by atoms with E-state index in [0.717, 1.165) is 6.07 Å². The van der Waals surface area contributed by atoms with Crippen LogP contribution in [-0.4, -0.2) is 40.0 Å². The summed E-state index contributed by atoms with van der Waals surface area (Å²) in [4.78, 5) is 14.0. The lowest BCUT2D eigenvalue weighted by Gasteiger charge is -2.17. The molecule has 1 aliphatic rings. The zero-order chi connectivity index (χ0) is 21.2. The molecule has 29 heavy (non-hydrogen) atoms. The highest BCUT2D eigenvalue weighted by atomic mass is 32.2. The zero-order valence-corrected chi connectivity index (χ0v) is 16.8. The highest BCUT2D eigenvalue weighted by Crippen LogP contribution is 2.38. The molecule has 0 radical (unpaired) electrons. The summed E-state index contributed by atoms with van der Waals surface area (Å²) in [5, 5.41) is 12.4. The Bertz CT molecular complexity index is 930. The van der Waals surface area contributed by atoms with Crippen molar-refractivity contribution in [2.24, 2.45) is 0 Å². The van der Waals surface area contributed by atoms with E-state index in [9.17, 15) is 18.0 Å². The van der Waals surface area contributed by atoms with E-state index in [4.69, 9.17) is 4.74 Å². The Hall–Kier alpha value is -2.75. The number of amides is 1. The molecule has 1 N–H and O–H groups in total. The molecule has 0 atom stereocenters. The lowest BCUT2D eigenvalue weighted by molar-refractivity contribution is -0.139. The zero-order valence-electron chi connectivity index (χ0n) is 15.9. The molecular formula is C19H19F3N4O2S. The van der Waals surface area contributed by atoms with E-state index >= 15 is 0 Å². The molecule has 6 nitrogen and oxygen atoms in total. The van der Waals surface area contributed by atoms with Gasteiger partial charge in [0, 0.05) is 18.0 Å². The van der Waals surface area contributed by atoms with Crippen molar-refractivity contribution in [3.63, 3.8) is 0 Å². The molecule has 3 rings (SSSR count). The molecule has 1 aromatic carbocycles. The Labute approximate surface area is 170 Å². The number of carbonyl (C=O) groups excluding carboxylic acids is 1. The summed E-state index contributed by atoms with van der Waals surface area (Å²) in [6.07, 6.45) is -4.95. The number of thioether (sulfide) groups is 1. The molecule has 0 aliphatic carbocycles. The molecule has 154 valence electrons. The van der Waals surface area contributed by atoms with Crippen molar-refractivity contribution in [1.82, 2.24) is 15.1 Å². The van der Waals surface area contributed by atoms with Crippen LogP contribution in [0.1, 0.15) is 19.4 Å². The van der Waals surface area contributed by atoms with Crippen molar-refractivity contribution in [3.8, 4) is 17.0 Å². The standard InChI is InChI=1S/C19H19F3N4O2S/c1-11(2)28-16-8-12(4-5-13(16)19(20,21)22)14-6-7-17(25-24-14)23-18(27)15-9-29-10-26(15)3/h4-9,11H,10H2,1-3H3,(H,23,25,27). The summed E-state index contributed by atoms with van der Waals surface area (Å²) in [6, 6.07) is 6.69. The number of hydrogen-bond donors (Lipinski definition) is 1. The highest BCUT2D eigenvalue weighted by Gasteiger charge is 2.34. The maximum atomic E-state index is 13.2. The molecule has 1 aromatic heterocycles. The van der Waals surface area contributed by atoms with Gasteiger partial charge in [-0.1, -0.05) is 6.07 Å². The van der Waals surface area contributed by atoms with E-state index in [0.29, 0.717) is 22.8 Å². The number of nitrogens with zero attached hydrogens (tertiary/aromatic N) is 3. The number of aromatic nitrogens is 2. The molecule has 2 aromatic rings. The van der Waals surface area contributed by atoms with Gasteiger partial charge >= 0.3 is 6.18 Å². The summed E-state index contributed by atoms with van der Waals surface area (Å²) < 4.78 is 45.0. The second-order valence-corrected chi connectivity index (χ2v) is 7.46. The number of hydrogen-bond acceptors (Lipinski definition) is 6. The largest absolute Gasteiger partial charge is 0.490 e. The van der Waals surface area contributed by atoms with Gasteiger partial charge in [-0.15, -0.1) is 22.0 Å². The molecule has 2 heterocycles. The van der Waals surface area contributed by atoms with Crippen LogP contribution in [0.2, 0.25) is 0 Å². The molecular weight excluding hydrogens is 405 g/mol. The summed E-state index contributed by atoms with van der Waals surface area (Å²) in [5.74, 6) is 0.373. The third-order valence-corrected chi connectivity index (χ3v) is 4.88. The van der Waals surface area contributed by atoms with Gasteiger partial charge in [-0.3, -0.25) is 4.79 Å². The predicted molar refractivity (Wildman–Crippen MR) is 105 cm³/mol. The second kappa shape index (κ2) is 8.32. The van der Waals surface area contributed by atoms with Gasteiger partial charge in [-0.25, -0.2) is 0 Å². The fraction of sp³-hybridized carbons (Fsp3) is 0.316. The van der Waals surface area contributed by atoms with Crippen molar-refractivity contribution in [1.29, 1.82) is 0 Å². The first-order chi connectivity index (χ1) is 13.6. The molecule has 0 unspecified atom stereocenters. The quantitative estimate of drug-likeness (QED) is 0.769. The van der Waals surface area contributed by atoms with Crippen LogP contribution in [0.15, 0.2) is 41.4 Å². The van der Waals surface area contributed by atoms with Crippen LogP contribution < -0.4 is 10.1 Å². The van der Waals surface area contributed by atoms with Gasteiger partial charge in [0.25, 0.3) is 5.91 Å². The van der Waals surface area contributed by atoms with Crippen molar-refractivity contribution in [2.45, 2.75) is 26.1 Å². The van der Waals surface area contributed by atoms with Crippen molar-refractivity contribution in [2.75, 3.05) is 18.2 Å². The van der Waals surface area contributed by atoms with Gasteiger partial charge in [0.15, 0.2) is 5.82 Å². The molecule has 0 bridgehead atoms. The van der Waals surface area contributed by atoms with Crippen LogP contribution in [0.3, 0.4) is 0 Å². The smallest absolute Gasteiger partial charge is 0.419 e. The van der Waals surface area contributed by atoms with Gasteiger partial charge in [0.2, 0.25) is 0 Å². The SMILES string of the molecule is CC(C)Oc1cc(-c2ccc(NC(=O)C3=CSCN3C)nn2)ccc1C(F)(F)F. The first-order valence-electron chi connectivity index (χ1n) is 8.71. The van der Waals surface area contributed by atoms with Gasteiger partial charge in [-0.05, 0) is 38.1 Å². The summed E-state index contributed by atoms with van der Waals surface area (Å²) in [7, 11) is 1.81. The summed E-state index contributed by atoms with van der Waals surface area (Å²) in [6.45, 7) is 3.31. The topological polar surface area (TPSA) is 67.3 Å². The Morgan fingerprint density at radius 2 is 2.00 bits per heavy atom. The Kier molecular flexibility index (Phi) is 6.02. The van der Waals surface area contributed by atoms with E-state index in [1.54, 1.807) is 36.3 Å². The maximum Gasteiger partial charge on any atom is 0.419 e. The third kappa shape index (κ3) is 5.00. The van der Waals surface area contributed by atoms with Crippen molar-refractivity contribution < 1.29 is 22.7 Å². The number of ether oxygens (including phenoxy) is 1. The molecule has 0 saturated carbocycles. The van der Waals surface area contributed by atoms with Crippen LogP contribution in [0, 0.1) is 0 Å². The van der Waals surface area contributed by atoms with Gasteiger partial charge < -0.3 is 15.0 Å². The van der Waals surface area contributed by atoms with Gasteiger partial charge in [-0.2, -0.15) is 13.2 Å². The van der Waals surface area contributed by atoms with Crippen LogP contribution in [0.5, 0.6) is 5.75 Å². The number of halogens is 3. The van der Waals surface area contributed by atoms with Crippen molar-refractivity contribution >= 4 is 23.5 Å². The Balaban J connectivity index is 1.81. The predicted octanol–water partition coefficient (Wildman–Crippen LogP) is 4.37. The van der Waals surface area contributed by atoms with Gasteiger partial charge in [0.05, 0.1) is 23.2 Å². The fourth-order valence-corrected chi connectivity index (χ4v) is 3.50. The second-order valence-electron chi connectivity index (χ2n) is 6.63. The van der Waals surface area contributed by atoms with E-state index in [-0.39, 0.29) is 17.5 Å². The number of likely N-dealkylation sites (N-methyl/N-ethyl adjacent to an activating group) is 1. The number of rotatable bonds is 5. The first kappa shape index (κ1) is 21.0. The molecule has 0 fully saturated rings. The minimum Gasteiger partial charge on any atom is -0.490 e. The fourth-order valence-electron chi connectivity index (χ4n) is 2.61. The molecule has 10 heteroatoms. The third-order valence-electron chi connectivity index (χ3n) is 3.96. The number of benzene rings is 1. The number of alkyl halides is 3. The molecule has 1 amide bonds. The Morgan fingerprint density at radius 1 is 1.24 bits per heavy atom. The van der Waals surface area contributed by atoms with E-state index in [1.807, 2.05) is 7.05 Å². The first-order valence-corrected chi connectivity index (χ1v) is 9.76. The lowest BCUT2D eigenvalue weighted by Crippen LogP contribution is -2.25.